The zero-order valence-corrected chi connectivity index (χ0v) is 16.1. The largest absolute Gasteiger partial charge is 0.495 e. The lowest BCUT2D eigenvalue weighted by atomic mass is 9.96. The Labute approximate surface area is 160 Å². The smallest absolute Gasteiger partial charge is 0.255 e. The van der Waals surface area contributed by atoms with E-state index in [2.05, 4.69) is 10.0 Å². The van der Waals surface area contributed by atoms with Crippen molar-refractivity contribution < 1.29 is 17.9 Å². The van der Waals surface area contributed by atoms with Crippen LogP contribution in [0.25, 0.3) is 0 Å². The molecule has 0 unspecified atom stereocenters. The summed E-state index contributed by atoms with van der Waals surface area (Å²) in [5.41, 5.74) is 0.797. The summed E-state index contributed by atoms with van der Waals surface area (Å²) in [5.74, 6) is 0.0691. The molecule has 0 saturated heterocycles. The molecule has 0 aromatic heterocycles. The number of carbonyl (C=O) groups excluding carboxylic acids is 1. The molecular formula is C20H24N2O4S. The molecular weight excluding hydrogens is 364 g/mol. The molecule has 7 heteroatoms. The minimum Gasteiger partial charge on any atom is -0.495 e. The molecule has 2 aromatic carbocycles. The zero-order valence-electron chi connectivity index (χ0n) is 15.3. The summed E-state index contributed by atoms with van der Waals surface area (Å²) in [7, 11) is -2.19. The minimum atomic E-state index is -3.66. The number of benzene rings is 2. The highest BCUT2D eigenvalue weighted by atomic mass is 32.2. The van der Waals surface area contributed by atoms with Crippen molar-refractivity contribution in [2.45, 2.75) is 43.0 Å². The molecule has 1 aliphatic carbocycles. The first-order chi connectivity index (χ1) is 13.0. The second kappa shape index (κ2) is 8.54. The topological polar surface area (TPSA) is 84.5 Å². The third-order valence-corrected chi connectivity index (χ3v) is 6.21. The van der Waals surface area contributed by atoms with Crippen LogP contribution < -0.4 is 14.8 Å². The molecule has 0 aliphatic heterocycles. The van der Waals surface area contributed by atoms with E-state index in [4.69, 9.17) is 4.74 Å². The van der Waals surface area contributed by atoms with Gasteiger partial charge in [-0.05, 0) is 43.2 Å². The summed E-state index contributed by atoms with van der Waals surface area (Å²) >= 11 is 0. The first kappa shape index (κ1) is 19.4. The van der Waals surface area contributed by atoms with Gasteiger partial charge >= 0.3 is 0 Å². The molecule has 1 fully saturated rings. The SMILES string of the molecule is COc1ccc(S(=O)(=O)NC2CCCCC2)cc1NC(=O)c1ccccc1. The average molecular weight is 388 g/mol. The molecule has 0 spiro atoms. The highest BCUT2D eigenvalue weighted by Gasteiger charge is 2.23. The Bertz CT molecular complexity index is 891. The number of methoxy groups -OCH3 is 1. The van der Waals surface area contributed by atoms with Gasteiger partial charge in [-0.3, -0.25) is 4.79 Å². The second-order valence-electron chi connectivity index (χ2n) is 6.64. The van der Waals surface area contributed by atoms with E-state index in [0.717, 1.165) is 32.1 Å². The lowest BCUT2D eigenvalue weighted by molar-refractivity contribution is 0.102. The molecule has 144 valence electrons. The van der Waals surface area contributed by atoms with Gasteiger partial charge in [0.15, 0.2) is 0 Å². The monoisotopic (exact) mass is 388 g/mol. The van der Waals surface area contributed by atoms with Gasteiger partial charge in [0.2, 0.25) is 10.0 Å². The molecule has 1 saturated carbocycles. The third-order valence-electron chi connectivity index (χ3n) is 4.69. The number of rotatable bonds is 6. The van der Waals surface area contributed by atoms with Gasteiger partial charge < -0.3 is 10.1 Å². The van der Waals surface area contributed by atoms with Crippen LogP contribution in [0.5, 0.6) is 5.75 Å². The van der Waals surface area contributed by atoms with Crippen molar-refractivity contribution >= 4 is 21.6 Å². The van der Waals surface area contributed by atoms with Crippen LogP contribution in [0.2, 0.25) is 0 Å². The Morgan fingerprint density at radius 1 is 1.04 bits per heavy atom. The second-order valence-corrected chi connectivity index (χ2v) is 8.35. The molecule has 0 heterocycles. The lowest BCUT2D eigenvalue weighted by Crippen LogP contribution is -2.36. The summed E-state index contributed by atoms with van der Waals surface area (Å²) in [4.78, 5) is 12.5. The van der Waals surface area contributed by atoms with Crippen molar-refractivity contribution in [2.75, 3.05) is 12.4 Å². The van der Waals surface area contributed by atoms with Gasteiger partial charge in [0.05, 0.1) is 17.7 Å². The van der Waals surface area contributed by atoms with Crippen LogP contribution >= 0.6 is 0 Å². The normalized spacial score (nSPS) is 15.3. The maximum absolute atomic E-state index is 12.7. The van der Waals surface area contributed by atoms with Gasteiger partial charge in [-0.15, -0.1) is 0 Å². The van der Waals surface area contributed by atoms with E-state index < -0.39 is 10.0 Å². The number of nitrogens with one attached hydrogen (secondary N) is 2. The van der Waals surface area contributed by atoms with Crippen molar-refractivity contribution in [3.8, 4) is 5.75 Å². The molecule has 6 nitrogen and oxygen atoms in total. The van der Waals surface area contributed by atoms with Crippen LogP contribution in [0.3, 0.4) is 0 Å². The van der Waals surface area contributed by atoms with Crippen LogP contribution in [0.4, 0.5) is 5.69 Å². The fourth-order valence-corrected chi connectivity index (χ4v) is 4.57. The molecule has 2 N–H and O–H groups in total. The van der Waals surface area contributed by atoms with Gasteiger partial charge in [0.25, 0.3) is 5.91 Å². The number of anilines is 1. The maximum Gasteiger partial charge on any atom is 0.255 e. The Morgan fingerprint density at radius 2 is 1.74 bits per heavy atom. The number of carbonyl (C=O) groups is 1. The first-order valence-corrected chi connectivity index (χ1v) is 10.5. The molecule has 0 bridgehead atoms. The quantitative estimate of drug-likeness (QED) is 0.792. The molecule has 27 heavy (non-hydrogen) atoms. The summed E-state index contributed by atoms with van der Waals surface area (Å²) in [6, 6.07) is 13.2. The van der Waals surface area contributed by atoms with Crippen molar-refractivity contribution in [1.82, 2.24) is 4.72 Å². The number of ether oxygens (including phenoxy) is 1. The van der Waals surface area contributed by atoms with Crippen molar-refractivity contribution in [3.63, 3.8) is 0 Å². The number of hydrogen-bond donors (Lipinski definition) is 2. The van der Waals surface area contributed by atoms with Crippen molar-refractivity contribution in [2.24, 2.45) is 0 Å². The Morgan fingerprint density at radius 3 is 2.41 bits per heavy atom. The summed E-state index contributed by atoms with van der Waals surface area (Å²) in [5, 5.41) is 2.74. The maximum atomic E-state index is 12.7. The number of sulfonamides is 1. The summed E-state index contributed by atoms with van der Waals surface area (Å²) < 4.78 is 33.5. The van der Waals surface area contributed by atoms with Crippen LogP contribution in [0.1, 0.15) is 42.5 Å². The highest BCUT2D eigenvalue weighted by molar-refractivity contribution is 7.89. The molecule has 1 amide bonds. The summed E-state index contributed by atoms with van der Waals surface area (Å²) in [6.45, 7) is 0. The van der Waals surface area contributed by atoms with E-state index >= 15 is 0 Å². The first-order valence-electron chi connectivity index (χ1n) is 9.06. The standard InChI is InChI=1S/C20H24N2O4S/c1-26-19-13-12-17(27(24,25)22-16-10-6-3-7-11-16)14-18(19)21-20(23)15-8-4-2-5-9-15/h2,4-5,8-9,12-14,16,22H,3,6-7,10-11H2,1H3,(H,21,23). The van der Waals surface area contributed by atoms with E-state index in [1.54, 1.807) is 30.3 Å². The van der Waals surface area contributed by atoms with Crippen LogP contribution in [-0.2, 0) is 10.0 Å². The number of hydrogen-bond acceptors (Lipinski definition) is 4. The van der Waals surface area contributed by atoms with E-state index in [-0.39, 0.29) is 16.8 Å². The van der Waals surface area contributed by atoms with E-state index in [1.165, 1.54) is 19.2 Å². The Kier molecular flexibility index (Phi) is 6.13. The predicted octanol–water partition coefficient (Wildman–Crippen LogP) is 3.56. The lowest BCUT2D eigenvalue weighted by Gasteiger charge is -2.23. The zero-order chi connectivity index (χ0) is 19.3. The van der Waals surface area contributed by atoms with Crippen molar-refractivity contribution in [1.29, 1.82) is 0 Å². The average Bonchev–Trinajstić information content (AvgIpc) is 2.69. The fourth-order valence-electron chi connectivity index (χ4n) is 3.24. The van der Waals surface area contributed by atoms with E-state index in [0.29, 0.717) is 17.0 Å². The predicted molar refractivity (Wildman–Crippen MR) is 105 cm³/mol. The van der Waals surface area contributed by atoms with Crippen molar-refractivity contribution in [3.05, 3.63) is 54.1 Å². The molecule has 2 aromatic rings. The van der Waals surface area contributed by atoms with Crippen LogP contribution in [-0.4, -0.2) is 27.5 Å². The van der Waals surface area contributed by atoms with Crippen LogP contribution in [0, 0.1) is 0 Å². The van der Waals surface area contributed by atoms with Crippen LogP contribution in [0.15, 0.2) is 53.4 Å². The third kappa shape index (κ3) is 4.87. The molecule has 0 radical (unpaired) electrons. The fraction of sp³-hybridized carbons (Fsp3) is 0.350. The Balaban J connectivity index is 1.83. The Hall–Kier alpha value is -2.38. The van der Waals surface area contributed by atoms with E-state index in [1.807, 2.05) is 6.07 Å². The molecule has 3 rings (SSSR count). The number of amides is 1. The summed E-state index contributed by atoms with van der Waals surface area (Å²) in [6.07, 6.45) is 4.93. The highest BCUT2D eigenvalue weighted by Crippen LogP contribution is 2.29. The van der Waals surface area contributed by atoms with Gasteiger partial charge in [0, 0.05) is 11.6 Å². The van der Waals surface area contributed by atoms with Gasteiger partial charge in [-0.1, -0.05) is 37.5 Å². The van der Waals surface area contributed by atoms with Gasteiger partial charge in [-0.25, -0.2) is 13.1 Å². The van der Waals surface area contributed by atoms with E-state index in [9.17, 15) is 13.2 Å². The van der Waals surface area contributed by atoms with Gasteiger partial charge in [0.1, 0.15) is 5.75 Å². The molecule has 0 atom stereocenters. The molecule has 1 aliphatic rings. The minimum absolute atomic E-state index is 0.0341. The van der Waals surface area contributed by atoms with Gasteiger partial charge in [-0.2, -0.15) is 0 Å².